The third kappa shape index (κ3) is 5.37. The van der Waals surface area contributed by atoms with Crippen LogP contribution in [0.5, 0.6) is 0 Å². The van der Waals surface area contributed by atoms with E-state index in [1.54, 1.807) is 12.4 Å². The lowest BCUT2D eigenvalue weighted by Crippen LogP contribution is -2.05. The highest BCUT2D eigenvalue weighted by Gasteiger charge is 2.31. The van der Waals surface area contributed by atoms with Crippen LogP contribution in [0.25, 0.3) is 95.3 Å². The Hall–Kier alpha value is -7.57. The quantitative estimate of drug-likeness (QED) is 0.170. The fourth-order valence-electron chi connectivity index (χ4n) is 8.62. The third-order valence-electron chi connectivity index (χ3n) is 11.2. The Kier molecular flexibility index (Phi) is 7.67. The molecule has 6 heteroatoms. The number of nitrogens with zero attached hydrogens (tertiary/aromatic N) is 6. The van der Waals surface area contributed by atoms with E-state index in [0.717, 1.165) is 39.0 Å². The van der Waals surface area contributed by atoms with E-state index in [0.29, 0.717) is 28.9 Å². The highest BCUT2D eigenvalue weighted by Crippen LogP contribution is 2.52. The fourth-order valence-corrected chi connectivity index (χ4v) is 8.62. The molecule has 268 valence electrons. The molecule has 57 heavy (non-hydrogen) atoms. The lowest BCUT2D eigenvalue weighted by atomic mass is 9.92. The smallest absolute Gasteiger partial charge is 0.182 e. The first-order chi connectivity index (χ1) is 28.2. The van der Waals surface area contributed by atoms with Gasteiger partial charge in [-0.25, -0.2) is 15.0 Å². The number of benzene rings is 6. The van der Waals surface area contributed by atoms with Crippen LogP contribution in [0.3, 0.4) is 0 Å². The molecule has 6 aromatic carbocycles. The molecule has 11 rings (SSSR count). The zero-order valence-corrected chi connectivity index (χ0v) is 31.1. The van der Waals surface area contributed by atoms with Crippen molar-refractivity contribution in [3.8, 4) is 73.5 Å². The molecule has 6 nitrogen and oxygen atoms in total. The fraction of sp³-hybridized carbons (Fsp3) is 0.0392. The lowest BCUT2D eigenvalue weighted by molar-refractivity contribution is 0.957. The van der Waals surface area contributed by atoms with E-state index in [-0.39, 0.29) is 5.92 Å². The number of fused-ring (bicyclic) bond motifs is 7. The van der Waals surface area contributed by atoms with Crippen LogP contribution in [0.4, 0.5) is 0 Å². The molecule has 4 aromatic heterocycles. The van der Waals surface area contributed by atoms with E-state index in [9.17, 15) is 0 Å². The second-order valence-electron chi connectivity index (χ2n) is 14.5. The topological polar surface area (TPSA) is 69.4 Å². The maximum absolute atomic E-state index is 5.12. The van der Waals surface area contributed by atoms with E-state index in [1.807, 2.05) is 36.4 Å². The largest absolute Gasteiger partial charge is 0.307 e. The molecule has 1 aliphatic rings. The minimum Gasteiger partial charge on any atom is -0.307 e. The molecule has 0 saturated heterocycles. The van der Waals surface area contributed by atoms with E-state index >= 15 is 0 Å². The Morgan fingerprint density at radius 1 is 0.439 bits per heavy atom. The van der Waals surface area contributed by atoms with Gasteiger partial charge >= 0.3 is 0 Å². The minimum absolute atomic E-state index is 0.280. The van der Waals surface area contributed by atoms with E-state index < -0.39 is 0 Å². The van der Waals surface area contributed by atoms with Crippen molar-refractivity contribution in [1.29, 1.82) is 0 Å². The molecule has 0 saturated carbocycles. The maximum atomic E-state index is 5.12. The van der Waals surface area contributed by atoms with Crippen LogP contribution in [-0.4, -0.2) is 29.5 Å². The second kappa shape index (κ2) is 13.3. The van der Waals surface area contributed by atoms with Crippen molar-refractivity contribution in [1.82, 2.24) is 29.5 Å². The van der Waals surface area contributed by atoms with E-state index in [4.69, 9.17) is 15.0 Å². The summed E-state index contributed by atoms with van der Waals surface area (Å²) in [4.78, 5) is 24.4. The Balaban J connectivity index is 1.28. The van der Waals surface area contributed by atoms with Crippen molar-refractivity contribution in [2.24, 2.45) is 0 Å². The molecule has 1 aliphatic carbocycles. The monoisotopic (exact) mass is 730 g/mol. The van der Waals surface area contributed by atoms with Gasteiger partial charge in [-0.05, 0) is 70.3 Å². The predicted molar refractivity (Wildman–Crippen MR) is 230 cm³/mol. The molecule has 0 amide bonds. The first-order valence-electron chi connectivity index (χ1n) is 19.2. The summed E-state index contributed by atoms with van der Waals surface area (Å²) in [6.07, 6.45) is 3.52. The first-order valence-corrected chi connectivity index (χ1v) is 19.2. The number of rotatable bonds is 6. The van der Waals surface area contributed by atoms with Crippen molar-refractivity contribution in [2.45, 2.75) is 12.8 Å². The summed E-state index contributed by atoms with van der Waals surface area (Å²) in [5, 5.41) is 2.44. The third-order valence-corrected chi connectivity index (χ3v) is 11.2. The normalized spacial score (nSPS) is 13.2. The zero-order chi connectivity index (χ0) is 37.9. The van der Waals surface area contributed by atoms with Crippen LogP contribution in [-0.2, 0) is 0 Å². The average Bonchev–Trinajstić information content (AvgIpc) is 3.78. The van der Waals surface area contributed by atoms with Crippen LogP contribution in [0.1, 0.15) is 24.0 Å². The van der Waals surface area contributed by atoms with Crippen LogP contribution in [0, 0.1) is 0 Å². The average molecular weight is 731 g/mol. The van der Waals surface area contributed by atoms with Crippen molar-refractivity contribution in [3.63, 3.8) is 0 Å². The molecule has 4 heterocycles. The standard InChI is InChI=1S/C51H34N6/c1-32-36-20-8-9-22-39(36)46-37(32)26-27-40-38-21-10-11-25-45(38)57(48(40)46)47-41(33-16-4-2-5-17-33)30-35(31-42(47)34-18-6-3-7-19-34)49-54-50(43-23-12-14-28-52-43)56-51(55-49)44-24-13-15-29-53-44/h2-32H,1H3. The van der Waals surface area contributed by atoms with Gasteiger partial charge in [-0.15, -0.1) is 0 Å². The predicted octanol–water partition coefficient (Wildman–Crippen LogP) is 12.2. The van der Waals surface area contributed by atoms with Gasteiger partial charge in [-0.2, -0.15) is 0 Å². The van der Waals surface area contributed by atoms with Crippen LogP contribution >= 0.6 is 0 Å². The number of hydrogen-bond acceptors (Lipinski definition) is 5. The summed E-state index contributed by atoms with van der Waals surface area (Å²) in [6, 6.07) is 59.8. The van der Waals surface area contributed by atoms with Crippen molar-refractivity contribution < 1.29 is 0 Å². The van der Waals surface area contributed by atoms with Crippen LogP contribution in [0.2, 0.25) is 0 Å². The van der Waals surface area contributed by atoms with Crippen LogP contribution < -0.4 is 0 Å². The van der Waals surface area contributed by atoms with Gasteiger partial charge < -0.3 is 4.57 Å². The number of para-hydroxylation sites is 1. The molecular formula is C51H34N6. The molecule has 0 fully saturated rings. The Morgan fingerprint density at radius 3 is 1.63 bits per heavy atom. The molecule has 0 spiro atoms. The van der Waals surface area contributed by atoms with Gasteiger partial charge in [0, 0.05) is 51.3 Å². The molecule has 1 unspecified atom stereocenters. The summed E-state index contributed by atoms with van der Waals surface area (Å²) in [7, 11) is 0. The van der Waals surface area contributed by atoms with Gasteiger partial charge in [0.1, 0.15) is 11.4 Å². The highest BCUT2D eigenvalue weighted by atomic mass is 15.1. The highest BCUT2D eigenvalue weighted by molar-refractivity contribution is 6.16. The van der Waals surface area contributed by atoms with Gasteiger partial charge in [0.15, 0.2) is 17.5 Å². The molecule has 0 aliphatic heterocycles. The maximum Gasteiger partial charge on any atom is 0.182 e. The summed E-state index contributed by atoms with van der Waals surface area (Å²) in [5.74, 6) is 1.79. The Morgan fingerprint density at radius 2 is 1.00 bits per heavy atom. The summed E-state index contributed by atoms with van der Waals surface area (Å²) >= 11 is 0. The molecule has 0 radical (unpaired) electrons. The van der Waals surface area contributed by atoms with Gasteiger partial charge in [0.2, 0.25) is 0 Å². The second-order valence-corrected chi connectivity index (χ2v) is 14.5. The molecule has 1 atom stereocenters. The summed E-state index contributed by atoms with van der Waals surface area (Å²) in [5.41, 5.74) is 15.2. The molecule has 10 aromatic rings. The van der Waals surface area contributed by atoms with Crippen LogP contribution in [0.15, 0.2) is 182 Å². The van der Waals surface area contributed by atoms with E-state index in [1.165, 1.54) is 38.5 Å². The Bertz CT molecular complexity index is 3000. The first kappa shape index (κ1) is 32.8. The lowest BCUT2D eigenvalue weighted by Gasteiger charge is -2.22. The van der Waals surface area contributed by atoms with E-state index in [2.05, 4.69) is 155 Å². The zero-order valence-electron chi connectivity index (χ0n) is 31.1. The van der Waals surface area contributed by atoms with Crippen molar-refractivity contribution in [2.75, 3.05) is 0 Å². The minimum atomic E-state index is 0.280. The van der Waals surface area contributed by atoms with Crippen molar-refractivity contribution >= 4 is 21.8 Å². The van der Waals surface area contributed by atoms with Gasteiger partial charge in [0.05, 0.1) is 16.7 Å². The SMILES string of the molecule is CC1c2ccccc2-c2c1ccc1c3ccccc3n(-c3c(-c4ccccc4)cc(-c4nc(-c5ccccn5)nc(-c5ccccn5)n4)cc3-c3ccccc3)c21. The molecule has 0 N–H and O–H groups in total. The summed E-state index contributed by atoms with van der Waals surface area (Å²) in [6.45, 7) is 2.33. The molecular weight excluding hydrogens is 697 g/mol. The Labute approximate surface area is 329 Å². The van der Waals surface area contributed by atoms with Gasteiger partial charge in [-0.1, -0.05) is 134 Å². The number of aromatic nitrogens is 6. The summed E-state index contributed by atoms with van der Waals surface area (Å²) < 4.78 is 2.53. The number of pyridine rings is 2. The van der Waals surface area contributed by atoms with Gasteiger partial charge in [-0.3, -0.25) is 9.97 Å². The van der Waals surface area contributed by atoms with Gasteiger partial charge in [0.25, 0.3) is 0 Å². The number of hydrogen-bond donors (Lipinski definition) is 0. The molecule has 0 bridgehead atoms. The van der Waals surface area contributed by atoms with Crippen molar-refractivity contribution in [3.05, 3.63) is 193 Å².